The molecule has 1 aliphatic rings. The maximum atomic E-state index is 13.1. The Bertz CT molecular complexity index is 861. The quantitative estimate of drug-likeness (QED) is 0.846. The molecular weight excluding hydrogens is 342 g/mol. The number of para-hydroxylation sites is 4. The second-order valence-corrected chi connectivity index (χ2v) is 7.28. The van der Waals surface area contributed by atoms with Crippen molar-refractivity contribution in [3.05, 3.63) is 48.5 Å². The van der Waals surface area contributed by atoms with E-state index in [1.54, 1.807) is 24.8 Å². The van der Waals surface area contributed by atoms with Gasteiger partial charge in [0.25, 0.3) is 0 Å². The number of ether oxygens (including phenoxy) is 1. The number of rotatable bonds is 5. The Hall–Kier alpha value is -3.02. The van der Waals surface area contributed by atoms with Crippen LogP contribution in [0.3, 0.4) is 0 Å². The minimum absolute atomic E-state index is 0.0280. The first-order valence-electron chi connectivity index (χ1n) is 9.04. The maximum absolute atomic E-state index is 13.1. The number of amides is 2. The molecular formula is C21H25N3O3. The molecule has 3 rings (SSSR count). The van der Waals surface area contributed by atoms with E-state index in [0.29, 0.717) is 17.1 Å². The van der Waals surface area contributed by atoms with Crippen molar-refractivity contribution in [3.63, 3.8) is 0 Å². The van der Waals surface area contributed by atoms with Gasteiger partial charge in [0.05, 0.1) is 29.7 Å². The average Bonchev–Trinajstić information content (AvgIpc) is 2.61. The molecule has 1 aliphatic heterocycles. The lowest BCUT2D eigenvalue weighted by Gasteiger charge is -2.42. The first kappa shape index (κ1) is 18.8. The minimum atomic E-state index is -0.985. The van der Waals surface area contributed by atoms with Crippen molar-refractivity contribution in [2.24, 2.45) is 0 Å². The van der Waals surface area contributed by atoms with Crippen LogP contribution in [-0.4, -0.2) is 30.0 Å². The molecule has 2 amide bonds. The molecule has 0 aromatic heterocycles. The van der Waals surface area contributed by atoms with Crippen LogP contribution < -0.4 is 20.3 Å². The van der Waals surface area contributed by atoms with Crippen LogP contribution in [0.1, 0.15) is 27.7 Å². The number of fused-ring (bicyclic) bond motifs is 1. The predicted octanol–water partition coefficient (Wildman–Crippen LogP) is 3.65. The molecule has 6 nitrogen and oxygen atoms in total. The van der Waals surface area contributed by atoms with Gasteiger partial charge in [-0.1, -0.05) is 24.3 Å². The van der Waals surface area contributed by atoms with Crippen molar-refractivity contribution in [3.8, 4) is 5.75 Å². The molecule has 2 N–H and O–H groups in total. The van der Waals surface area contributed by atoms with Crippen molar-refractivity contribution in [2.75, 3.05) is 22.1 Å². The van der Waals surface area contributed by atoms with Gasteiger partial charge in [-0.05, 0) is 52.0 Å². The second-order valence-electron chi connectivity index (χ2n) is 7.28. The van der Waals surface area contributed by atoms with Crippen molar-refractivity contribution < 1.29 is 14.3 Å². The zero-order valence-corrected chi connectivity index (χ0v) is 16.1. The standard InChI is InChI=1S/C21H25N3O3/c1-14(2)27-18-12-8-6-10-16(18)22-13-19(25)24-17-11-7-5-9-15(17)23-20(26)21(24,3)4/h5-12,14,22H,13H2,1-4H3,(H,23,26). The lowest BCUT2D eigenvalue weighted by atomic mass is 9.96. The van der Waals surface area contributed by atoms with Crippen LogP contribution in [0.4, 0.5) is 17.1 Å². The highest BCUT2D eigenvalue weighted by Gasteiger charge is 2.43. The predicted molar refractivity (Wildman–Crippen MR) is 107 cm³/mol. The first-order valence-corrected chi connectivity index (χ1v) is 9.04. The van der Waals surface area contributed by atoms with Crippen LogP contribution in [0.5, 0.6) is 5.75 Å². The zero-order chi connectivity index (χ0) is 19.6. The van der Waals surface area contributed by atoms with Gasteiger partial charge in [0.15, 0.2) is 0 Å². The highest BCUT2D eigenvalue weighted by Crippen LogP contribution is 2.36. The Morgan fingerprint density at radius 3 is 2.56 bits per heavy atom. The zero-order valence-electron chi connectivity index (χ0n) is 16.1. The normalized spacial score (nSPS) is 15.1. The molecule has 2 aromatic rings. The van der Waals surface area contributed by atoms with E-state index in [0.717, 1.165) is 5.69 Å². The number of carbonyl (C=O) groups is 2. The Labute approximate surface area is 159 Å². The van der Waals surface area contributed by atoms with E-state index in [2.05, 4.69) is 10.6 Å². The van der Waals surface area contributed by atoms with Gasteiger partial charge in [0.1, 0.15) is 11.3 Å². The van der Waals surface area contributed by atoms with Crippen LogP contribution in [0.2, 0.25) is 0 Å². The molecule has 27 heavy (non-hydrogen) atoms. The number of anilines is 3. The van der Waals surface area contributed by atoms with E-state index in [4.69, 9.17) is 4.74 Å². The number of hydrogen-bond donors (Lipinski definition) is 2. The van der Waals surface area contributed by atoms with E-state index in [9.17, 15) is 9.59 Å². The van der Waals surface area contributed by atoms with Gasteiger partial charge in [-0.15, -0.1) is 0 Å². The van der Waals surface area contributed by atoms with Crippen LogP contribution in [0, 0.1) is 0 Å². The summed E-state index contributed by atoms with van der Waals surface area (Å²) < 4.78 is 5.79. The summed E-state index contributed by atoms with van der Waals surface area (Å²) in [7, 11) is 0. The number of nitrogens with zero attached hydrogens (tertiary/aromatic N) is 1. The van der Waals surface area contributed by atoms with E-state index < -0.39 is 5.54 Å². The molecule has 0 bridgehead atoms. The number of benzene rings is 2. The fourth-order valence-electron chi connectivity index (χ4n) is 3.12. The summed E-state index contributed by atoms with van der Waals surface area (Å²) in [5, 5.41) is 6.02. The first-order chi connectivity index (χ1) is 12.8. The topological polar surface area (TPSA) is 70.7 Å². The molecule has 0 spiro atoms. The summed E-state index contributed by atoms with van der Waals surface area (Å²) in [6.07, 6.45) is 0.0280. The Kier molecular flexibility index (Phi) is 5.08. The summed E-state index contributed by atoms with van der Waals surface area (Å²) >= 11 is 0. The van der Waals surface area contributed by atoms with Crippen LogP contribution in [0.25, 0.3) is 0 Å². The van der Waals surface area contributed by atoms with Gasteiger partial charge >= 0.3 is 0 Å². The highest BCUT2D eigenvalue weighted by atomic mass is 16.5. The van der Waals surface area contributed by atoms with Crippen molar-refractivity contribution in [2.45, 2.75) is 39.3 Å². The van der Waals surface area contributed by atoms with Gasteiger partial charge in [-0.2, -0.15) is 0 Å². The summed E-state index contributed by atoms with van der Waals surface area (Å²) in [5.41, 5.74) is 1.09. The molecule has 1 heterocycles. The van der Waals surface area contributed by atoms with E-state index in [1.165, 1.54) is 0 Å². The second kappa shape index (κ2) is 7.31. The summed E-state index contributed by atoms with van der Waals surface area (Å²) in [6, 6.07) is 14.8. The van der Waals surface area contributed by atoms with Gasteiger partial charge < -0.3 is 15.4 Å². The molecule has 0 saturated carbocycles. The van der Waals surface area contributed by atoms with Gasteiger partial charge in [0.2, 0.25) is 11.8 Å². The van der Waals surface area contributed by atoms with Crippen LogP contribution in [0.15, 0.2) is 48.5 Å². The molecule has 142 valence electrons. The SMILES string of the molecule is CC(C)Oc1ccccc1NCC(=O)N1c2ccccc2NC(=O)C1(C)C. The molecule has 0 fully saturated rings. The van der Waals surface area contributed by atoms with Gasteiger partial charge in [-0.25, -0.2) is 0 Å². The molecule has 0 unspecified atom stereocenters. The largest absolute Gasteiger partial charge is 0.489 e. The van der Waals surface area contributed by atoms with E-state index in [1.807, 2.05) is 56.3 Å². The molecule has 6 heteroatoms. The van der Waals surface area contributed by atoms with Crippen molar-refractivity contribution in [1.82, 2.24) is 0 Å². The van der Waals surface area contributed by atoms with E-state index >= 15 is 0 Å². The van der Waals surface area contributed by atoms with Crippen LogP contribution >= 0.6 is 0 Å². The lowest BCUT2D eigenvalue weighted by Crippen LogP contribution is -2.59. The summed E-state index contributed by atoms with van der Waals surface area (Å²) in [6.45, 7) is 7.43. The third kappa shape index (κ3) is 3.74. The molecule has 0 radical (unpaired) electrons. The monoisotopic (exact) mass is 367 g/mol. The van der Waals surface area contributed by atoms with Crippen molar-refractivity contribution >= 4 is 28.9 Å². The highest BCUT2D eigenvalue weighted by molar-refractivity contribution is 6.14. The number of carbonyl (C=O) groups excluding carboxylic acids is 2. The Morgan fingerprint density at radius 2 is 1.81 bits per heavy atom. The number of hydrogen-bond acceptors (Lipinski definition) is 4. The third-order valence-electron chi connectivity index (χ3n) is 4.44. The summed E-state index contributed by atoms with van der Waals surface area (Å²) in [4.78, 5) is 27.1. The molecule has 0 saturated heterocycles. The fraction of sp³-hybridized carbons (Fsp3) is 0.333. The van der Waals surface area contributed by atoms with Crippen LogP contribution in [-0.2, 0) is 9.59 Å². The van der Waals surface area contributed by atoms with E-state index in [-0.39, 0.29) is 24.5 Å². The summed E-state index contributed by atoms with van der Waals surface area (Å²) in [5.74, 6) is 0.288. The molecule has 0 aliphatic carbocycles. The number of nitrogens with one attached hydrogen (secondary N) is 2. The molecule has 0 atom stereocenters. The third-order valence-corrected chi connectivity index (χ3v) is 4.44. The average molecular weight is 367 g/mol. The lowest BCUT2D eigenvalue weighted by molar-refractivity contribution is -0.125. The Morgan fingerprint density at radius 1 is 1.15 bits per heavy atom. The fourth-order valence-corrected chi connectivity index (χ4v) is 3.12. The van der Waals surface area contributed by atoms with Crippen molar-refractivity contribution in [1.29, 1.82) is 0 Å². The minimum Gasteiger partial charge on any atom is -0.489 e. The Balaban J connectivity index is 1.83. The molecule has 2 aromatic carbocycles. The smallest absolute Gasteiger partial charge is 0.250 e. The van der Waals surface area contributed by atoms with Gasteiger partial charge in [0, 0.05) is 0 Å². The van der Waals surface area contributed by atoms with Gasteiger partial charge in [-0.3, -0.25) is 14.5 Å². The maximum Gasteiger partial charge on any atom is 0.250 e.